The Bertz CT molecular complexity index is 599. The van der Waals surface area contributed by atoms with Crippen molar-refractivity contribution in [3.63, 3.8) is 0 Å². The molecule has 0 unspecified atom stereocenters. The summed E-state index contributed by atoms with van der Waals surface area (Å²) in [5.41, 5.74) is 2.09. The van der Waals surface area contributed by atoms with Crippen molar-refractivity contribution in [2.24, 2.45) is 0 Å². The van der Waals surface area contributed by atoms with E-state index in [2.05, 4.69) is 38.3 Å². The summed E-state index contributed by atoms with van der Waals surface area (Å²) in [6.45, 7) is 2.94. The molecule has 6 heteroatoms. The summed E-state index contributed by atoms with van der Waals surface area (Å²) in [5, 5.41) is 0. The Kier molecular flexibility index (Phi) is 4.19. The summed E-state index contributed by atoms with van der Waals surface area (Å²) in [5.74, 6) is 0. The quantitative estimate of drug-likeness (QED) is 0.818. The van der Waals surface area contributed by atoms with Crippen LogP contribution in [0.25, 0.3) is 5.65 Å². The minimum Gasteiger partial charge on any atom is -0.380 e. The van der Waals surface area contributed by atoms with Gasteiger partial charge < -0.3 is 4.74 Å². The number of aromatic nitrogens is 3. The van der Waals surface area contributed by atoms with Crippen molar-refractivity contribution in [1.29, 1.82) is 0 Å². The number of hydrogen-bond donors (Lipinski definition) is 0. The smallest absolute Gasteiger partial charge is 0.155 e. The van der Waals surface area contributed by atoms with E-state index >= 15 is 0 Å². The van der Waals surface area contributed by atoms with Gasteiger partial charge in [-0.25, -0.2) is 4.98 Å². The van der Waals surface area contributed by atoms with E-state index in [-0.39, 0.29) is 0 Å². The zero-order valence-corrected chi connectivity index (χ0v) is 12.9. The number of methoxy groups -OCH3 is 1. The van der Waals surface area contributed by atoms with Gasteiger partial charge in [0.2, 0.25) is 0 Å². The first kappa shape index (κ1) is 14.4. The van der Waals surface area contributed by atoms with Crippen LogP contribution in [0.15, 0.2) is 24.8 Å². The number of hydrogen-bond acceptors (Lipinski definition) is 5. The first-order valence-corrected chi connectivity index (χ1v) is 7.35. The van der Waals surface area contributed by atoms with Gasteiger partial charge in [-0.2, -0.15) is 0 Å². The lowest BCUT2D eigenvalue weighted by molar-refractivity contribution is 0.111. The van der Waals surface area contributed by atoms with Crippen molar-refractivity contribution < 1.29 is 4.74 Å². The molecule has 6 nitrogen and oxygen atoms in total. The highest BCUT2D eigenvalue weighted by Gasteiger charge is 2.30. The molecule has 0 bridgehead atoms. The minimum absolute atomic E-state index is 0.371. The fourth-order valence-corrected chi connectivity index (χ4v) is 3.13. The lowest BCUT2D eigenvalue weighted by Crippen LogP contribution is -2.36. The topological polar surface area (TPSA) is 45.9 Å². The van der Waals surface area contributed by atoms with Crippen molar-refractivity contribution in [2.45, 2.75) is 25.1 Å². The third-order valence-electron chi connectivity index (χ3n) is 4.33. The largest absolute Gasteiger partial charge is 0.380 e. The van der Waals surface area contributed by atoms with Gasteiger partial charge in [0.05, 0.1) is 24.2 Å². The number of likely N-dealkylation sites (tertiary alicyclic amines) is 1. The second-order valence-electron chi connectivity index (χ2n) is 5.94. The van der Waals surface area contributed by atoms with E-state index in [1.54, 1.807) is 19.5 Å². The Balaban J connectivity index is 1.63. The molecule has 21 heavy (non-hydrogen) atoms. The molecule has 114 valence electrons. The van der Waals surface area contributed by atoms with E-state index < -0.39 is 0 Å². The van der Waals surface area contributed by atoms with E-state index in [1.165, 1.54) is 5.69 Å². The highest BCUT2D eigenvalue weighted by atomic mass is 16.5. The van der Waals surface area contributed by atoms with E-state index in [1.807, 2.05) is 12.4 Å². The van der Waals surface area contributed by atoms with Crippen LogP contribution in [0.4, 0.5) is 0 Å². The molecule has 0 radical (unpaired) electrons. The van der Waals surface area contributed by atoms with E-state index in [9.17, 15) is 0 Å². The average molecular weight is 289 g/mol. The van der Waals surface area contributed by atoms with Crippen LogP contribution in [0.3, 0.4) is 0 Å². The summed E-state index contributed by atoms with van der Waals surface area (Å²) in [6.07, 6.45) is 8.96. The number of imidazole rings is 1. The van der Waals surface area contributed by atoms with Gasteiger partial charge >= 0.3 is 0 Å². The summed E-state index contributed by atoms with van der Waals surface area (Å²) in [6, 6.07) is 0.556. The van der Waals surface area contributed by atoms with E-state index in [0.29, 0.717) is 12.1 Å². The Morgan fingerprint density at radius 2 is 2.29 bits per heavy atom. The molecule has 1 fully saturated rings. The molecule has 2 aromatic rings. The van der Waals surface area contributed by atoms with Gasteiger partial charge in [0.25, 0.3) is 0 Å². The Labute approximate surface area is 125 Å². The number of fused-ring (bicyclic) bond motifs is 1. The van der Waals surface area contributed by atoms with Crippen molar-refractivity contribution in [1.82, 2.24) is 24.2 Å². The predicted molar refractivity (Wildman–Crippen MR) is 81.2 cm³/mol. The van der Waals surface area contributed by atoms with Crippen LogP contribution >= 0.6 is 0 Å². The first-order valence-electron chi connectivity index (χ1n) is 7.35. The third-order valence-corrected chi connectivity index (χ3v) is 4.33. The highest BCUT2D eigenvalue weighted by molar-refractivity contribution is 5.36. The van der Waals surface area contributed by atoms with Crippen LogP contribution in [0, 0.1) is 0 Å². The van der Waals surface area contributed by atoms with Crippen molar-refractivity contribution in [3.8, 4) is 0 Å². The number of likely N-dealkylation sites (N-methyl/N-ethyl adjacent to an activating group) is 2. The maximum atomic E-state index is 5.48. The lowest BCUT2D eigenvalue weighted by atomic mass is 10.2. The molecule has 3 rings (SSSR count). The molecule has 3 heterocycles. The van der Waals surface area contributed by atoms with Gasteiger partial charge in [-0.15, -0.1) is 0 Å². The maximum Gasteiger partial charge on any atom is 0.155 e. The molecule has 0 saturated carbocycles. The predicted octanol–water partition coefficient (Wildman–Crippen LogP) is 0.880. The zero-order chi connectivity index (χ0) is 14.8. The number of nitrogens with zero attached hydrogens (tertiary/aromatic N) is 5. The van der Waals surface area contributed by atoms with Crippen LogP contribution in [-0.4, -0.2) is 70.6 Å². The van der Waals surface area contributed by atoms with Crippen molar-refractivity contribution >= 4 is 5.65 Å². The second-order valence-corrected chi connectivity index (χ2v) is 5.94. The Hall–Kier alpha value is -1.50. The number of ether oxygens (including phenoxy) is 1. The van der Waals surface area contributed by atoms with Crippen molar-refractivity contribution in [2.75, 3.05) is 34.3 Å². The molecule has 2 atom stereocenters. The summed E-state index contributed by atoms with van der Waals surface area (Å²) in [7, 11) is 6.14. The van der Waals surface area contributed by atoms with Gasteiger partial charge in [-0.05, 0) is 20.5 Å². The number of rotatable bonds is 5. The van der Waals surface area contributed by atoms with Crippen LogP contribution < -0.4 is 0 Å². The average Bonchev–Trinajstić information content (AvgIpc) is 3.04. The molecule has 0 aliphatic carbocycles. The van der Waals surface area contributed by atoms with Crippen LogP contribution in [0.1, 0.15) is 12.1 Å². The van der Waals surface area contributed by atoms with Crippen LogP contribution in [0.5, 0.6) is 0 Å². The highest BCUT2D eigenvalue weighted by Crippen LogP contribution is 2.19. The van der Waals surface area contributed by atoms with Crippen molar-refractivity contribution in [3.05, 3.63) is 30.5 Å². The lowest BCUT2D eigenvalue weighted by Gasteiger charge is -2.25. The molecular formula is C15H23N5O. The van der Waals surface area contributed by atoms with Gasteiger partial charge in [0, 0.05) is 45.2 Å². The maximum absolute atomic E-state index is 5.48. The standard InChI is InChI=1S/C15H23N5O/c1-18(9-12-6-14(21-3)11-19(12)2)10-13-7-17-15-8-16-4-5-20(13)15/h4-5,7-8,12,14H,6,9-11H2,1-3H3/t12-,14-/m0/s1. The molecule has 1 saturated heterocycles. The monoisotopic (exact) mass is 289 g/mol. The molecule has 1 aliphatic heterocycles. The first-order chi connectivity index (χ1) is 10.2. The van der Waals surface area contributed by atoms with Gasteiger partial charge in [-0.1, -0.05) is 0 Å². The van der Waals surface area contributed by atoms with Gasteiger partial charge in [0.15, 0.2) is 5.65 Å². The third kappa shape index (κ3) is 3.07. The van der Waals surface area contributed by atoms with Gasteiger partial charge in [0.1, 0.15) is 0 Å². The molecular weight excluding hydrogens is 266 g/mol. The molecule has 0 aromatic carbocycles. The van der Waals surface area contributed by atoms with E-state index in [4.69, 9.17) is 4.74 Å². The summed E-state index contributed by atoms with van der Waals surface area (Å²) >= 11 is 0. The summed E-state index contributed by atoms with van der Waals surface area (Å²) < 4.78 is 7.57. The van der Waals surface area contributed by atoms with Crippen LogP contribution in [0.2, 0.25) is 0 Å². The molecule has 0 amide bonds. The fraction of sp³-hybridized carbons (Fsp3) is 0.600. The Morgan fingerprint density at radius 1 is 1.43 bits per heavy atom. The second kappa shape index (κ2) is 6.09. The van der Waals surface area contributed by atoms with Crippen LogP contribution in [-0.2, 0) is 11.3 Å². The molecule has 0 spiro atoms. The summed E-state index contributed by atoms with van der Waals surface area (Å²) in [4.78, 5) is 13.2. The fourth-order valence-electron chi connectivity index (χ4n) is 3.13. The zero-order valence-electron chi connectivity index (χ0n) is 12.9. The SMILES string of the molecule is CO[C@H]1C[C@@H](CN(C)Cc2cnc3cnccn23)N(C)C1. The molecule has 0 N–H and O–H groups in total. The normalized spacial score (nSPS) is 23.4. The molecule has 1 aliphatic rings. The Morgan fingerprint density at radius 3 is 3.05 bits per heavy atom. The van der Waals surface area contributed by atoms with Gasteiger partial charge in [-0.3, -0.25) is 19.2 Å². The molecule has 2 aromatic heterocycles. The van der Waals surface area contributed by atoms with E-state index in [0.717, 1.165) is 31.7 Å². The minimum atomic E-state index is 0.371.